The number of rotatable bonds is 6. The number of hydrogen-bond acceptors (Lipinski definition) is 4. The van der Waals surface area contributed by atoms with E-state index < -0.39 is 12.2 Å². The molecule has 5 atom stereocenters. The molecule has 1 unspecified atom stereocenters. The molecule has 0 aromatic heterocycles. The zero-order valence-corrected chi connectivity index (χ0v) is 14.8. The van der Waals surface area contributed by atoms with Crippen LogP contribution in [0.5, 0.6) is 0 Å². The highest BCUT2D eigenvalue weighted by Crippen LogP contribution is 2.38. The highest BCUT2D eigenvalue weighted by Gasteiger charge is 2.42. The number of unbranched alkanes of at least 4 members (excludes halogenated alkanes) is 2. The summed E-state index contributed by atoms with van der Waals surface area (Å²) in [5.74, 6) is -0.145. The van der Waals surface area contributed by atoms with Gasteiger partial charge in [-0.15, -0.1) is 0 Å². The van der Waals surface area contributed by atoms with E-state index in [2.05, 4.69) is 19.1 Å². The van der Waals surface area contributed by atoms with Gasteiger partial charge in [-0.1, -0.05) is 50.5 Å². The minimum Gasteiger partial charge on any atom is -0.462 e. The molecule has 1 aliphatic heterocycles. The lowest BCUT2D eigenvalue weighted by Gasteiger charge is -2.22. The lowest BCUT2D eigenvalue weighted by Crippen LogP contribution is -2.24. The number of ether oxygens (including phenoxy) is 1. The van der Waals surface area contributed by atoms with E-state index in [9.17, 15) is 15.0 Å². The van der Waals surface area contributed by atoms with Gasteiger partial charge in [-0.3, -0.25) is 4.79 Å². The lowest BCUT2D eigenvalue weighted by molar-refractivity contribution is -0.150. The van der Waals surface area contributed by atoms with E-state index in [0.29, 0.717) is 12.8 Å². The van der Waals surface area contributed by atoms with Gasteiger partial charge in [0.15, 0.2) is 0 Å². The molecule has 1 heterocycles. The summed E-state index contributed by atoms with van der Waals surface area (Å²) in [7, 11) is 0. The van der Waals surface area contributed by atoms with Crippen LogP contribution >= 0.6 is 0 Å². The maximum Gasteiger partial charge on any atom is 0.306 e. The Hall–Kier alpha value is -1.13. The predicted octanol–water partition coefficient (Wildman–Crippen LogP) is 3.52. The molecule has 24 heavy (non-hydrogen) atoms. The average Bonchev–Trinajstić information content (AvgIpc) is 2.81. The Morgan fingerprint density at radius 1 is 1.38 bits per heavy atom. The van der Waals surface area contributed by atoms with Gasteiger partial charge in [0.05, 0.1) is 12.2 Å². The molecule has 1 aliphatic carbocycles. The molecule has 4 nitrogen and oxygen atoms in total. The Morgan fingerprint density at radius 2 is 2.21 bits per heavy atom. The lowest BCUT2D eigenvalue weighted by atomic mass is 9.89. The van der Waals surface area contributed by atoms with Crippen molar-refractivity contribution in [1.82, 2.24) is 0 Å². The predicted molar refractivity (Wildman–Crippen MR) is 94.4 cm³/mol. The number of carbonyl (C=O) groups excluding carboxylic acids is 1. The minimum atomic E-state index is -0.461. The van der Waals surface area contributed by atoms with Crippen LogP contribution in [-0.2, 0) is 9.53 Å². The minimum absolute atomic E-state index is 0.0208. The van der Waals surface area contributed by atoms with Crippen molar-refractivity contribution < 1.29 is 19.7 Å². The van der Waals surface area contributed by atoms with Gasteiger partial charge >= 0.3 is 5.97 Å². The fourth-order valence-corrected chi connectivity index (χ4v) is 3.73. The fraction of sp³-hybridized carbons (Fsp3) is 0.750. The molecule has 2 aliphatic rings. The summed E-state index contributed by atoms with van der Waals surface area (Å²) in [5, 5.41) is 20.5. The summed E-state index contributed by atoms with van der Waals surface area (Å²) >= 11 is 0. The van der Waals surface area contributed by atoms with Gasteiger partial charge in [0.1, 0.15) is 6.10 Å². The molecule has 0 aromatic carbocycles. The molecule has 1 saturated carbocycles. The third kappa shape index (κ3) is 5.75. The summed E-state index contributed by atoms with van der Waals surface area (Å²) in [6.45, 7) is 2.14. The second-order valence-electron chi connectivity index (χ2n) is 7.12. The molecule has 4 heteroatoms. The van der Waals surface area contributed by atoms with Crippen LogP contribution in [0.2, 0.25) is 0 Å². The third-order valence-electron chi connectivity index (χ3n) is 5.16. The van der Waals surface area contributed by atoms with Crippen LogP contribution in [0.25, 0.3) is 0 Å². The SMILES string of the molecule is CCCCC[C@H](O)/C=C/C1[C@H]2C/C=C\CCCC(=O)O[C@@H]1C[C@@H]2O. The van der Waals surface area contributed by atoms with Crippen molar-refractivity contribution in [3.63, 3.8) is 0 Å². The molecule has 0 aromatic rings. The number of hydrogen-bond donors (Lipinski definition) is 2. The summed E-state index contributed by atoms with van der Waals surface area (Å²) in [4.78, 5) is 12.0. The number of allylic oxidation sites excluding steroid dienone is 2. The Morgan fingerprint density at radius 3 is 3.00 bits per heavy atom. The van der Waals surface area contributed by atoms with Crippen molar-refractivity contribution in [3.8, 4) is 0 Å². The highest BCUT2D eigenvalue weighted by molar-refractivity contribution is 5.69. The topological polar surface area (TPSA) is 66.8 Å². The Kier molecular flexibility index (Phi) is 8.00. The molecule has 2 bridgehead atoms. The molecular formula is C20H32O4. The maximum absolute atomic E-state index is 12.0. The Bertz CT molecular complexity index is 443. The maximum atomic E-state index is 12.0. The highest BCUT2D eigenvalue weighted by atomic mass is 16.5. The van der Waals surface area contributed by atoms with Crippen molar-refractivity contribution in [2.75, 3.05) is 0 Å². The van der Waals surface area contributed by atoms with Gasteiger partial charge in [0.25, 0.3) is 0 Å². The Balaban J connectivity index is 2.04. The first-order valence-corrected chi connectivity index (χ1v) is 9.50. The van der Waals surface area contributed by atoms with E-state index in [-0.39, 0.29) is 23.9 Å². The van der Waals surface area contributed by atoms with E-state index in [1.165, 1.54) is 0 Å². The normalized spacial score (nSPS) is 33.9. The van der Waals surface area contributed by atoms with Crippen molar-refractivity contribution in [1.29, 1.82) is 0 Å². The van der Waals surface area contributed by atoms with Gasteiger partial charge < -0.3 is 14.9 Å². The molecule has 0 radical (unpaired) electrons. The summed E-state index contributed by atoms with van der Waals surface area (Å²) in [6.07, 6.45) is 14.2. The third-order valence-corrected chi connectivity index (χ3v) is 5.16. The van der Waals surface area contributed by atoms with Gasteiger partial charge in [-0.05, 0) is 31.6 Å². The molecule has 2 rings (SSSR count). The van der Waals surface area contributed by atoms with Crippen molar-refractivity contribution in [2.24, 2.45) is 11.8 Å². The van der Waals surface area contributed by atoms with Gasteiger partial charge in [0.2, 0.25) is 0 Å². The van der Waals surface area contributed by atoms with Gasteiger partial charge in [-0.2, -0.15) is 0 Å². The number of aliphatic hydroxyl groups excluding tert-OH is 2. The first-order chi connectivity index (χ1) is 11.6. The van der Waals surface area contributed by atoms with E-state index in [0.717, 1.165) is 44.9 Å². The van der Waals surface area contributed by atoms with E-state index in [1.54, 1.807) is 0 Å². The van der Waals surface area contributed by atoms with E-state index in [1.807, 2.05) is 12.2 Å². The largest absolute Gasteiger partial charge is 0.462 e. The zero-order chi connectivity index (χ0) is 17.4. The van der Waals surface area contributed by atoms with Crippen LogP contribution in [0, 0.1) is 11.8 Å². The molecule has 0 amide bonds. The fourth-order valence-electron chi connectivity index (χ4n) is 3.73. The molecule has 136 valence electrons. The first kappa shape index (κ1) is 19.2. The van der Waals surface area contributed by atoms with Crippen LogP contribution in [0.15, 0.2) is 24.3 Å². The van der Waals surface area contributed by atoms with Crippen LogP contribution in [0.4, 0.5) is 0 Å². The standard InChI is InChI=1S/C20H32O4/c1-2-3-6-9-15(21)12-13-17-16-10-7-4-5-8-11-20(23)24-19(17)14-18(16)22/h4,7,12-13,15-19,21-22H,2-3,5-6,8-11,14H2,1H3/b7-4-,13-12+/t15-,16+,17?,18-,19+/m0/s1. The van der Waals surface area contributed by atoms with Crippen molar-refractivity contribution in [3.05, 3.63) is 24.3 Å². The van der Waals surface area contributed by atoms with Gasteiger partial charge in [-0.25, -0.2) is 0 Å². The van der Waals surface area contributed by atoms with E-state index >= 15 is 0 Å². The average molecular weight is 336 g/mol. The van der Waals surface area contributed by atoms with Crippen LogP contribution < -0.4 is 0 Å². The van der Waals surface area contributed by atoms with Crippen LogP contribution in [0.3, 0.4) is 0 Å². The van der Waals surface area contributed by atoms with E-state index in [4.69, 9.17) is 4.74 Å². The number of carbonyl (C=O) groups is 1. The second kappa shape index (κ2) is 10.00. The van der Waals surface area contributed by atoms with Crippen LogP contribution in [-0.4, -0.2) is 34.5 Å². The summed E-state index contributed by atoms with van der Waals surface area (Å²) < 4.78 is 5.63. The first-order valence-electron chi connectivity index (χ1n) is 9.50. The second-order valence-corrected chi connectivity index (χ2v) is 7.12. The van der Waals surface area contributed by atoms with Crippen molar-refractivity contribution in [2.45, 2.75) is 83.0 Å². The Labute approximate surface area is 145 Å². The zero-order valence-electron chi connectivity index (χ0n) is 14.8. The molecule has 0 spiro atoms. The van der Waals surface area contributed by atoms with Crippen molar-refractivity contribution >= 4 is 5.97 Å². The molecule has 0 saturated heterocycles. The molecule has 1 fully saturated rings. The molecule has 2 N–H and O–H groups in total. The number of esters is 1. The summed E-state index contributed by atoms with van der Waals surface area (Å²) in [6, 6.07) is 0. The monoisotopic (exact) mass is 336 g/mol. The number of aliphatic hydroxyl groups is 2. The molecular weight excluding hydrogens is 304 g/mol. The van der Waals surface area contributed by atoms with Gasteiger partial charge in [0, 0.05) is 18.8 Å². The number of fused-ring (bicyclic) bond motifs is 2. The summed E-state index contributed by atoms with van der Waals surface area (Å²) in [5.41, 5.74) is 0. The smallest absolute Gasteiger partial charge is 0.306 e. The van der Waals surface area contributed by atoms with Crippen LogP contribution in [0.1, 0.15) is 64.7 Å². The quantitative estimate of drug-likeness (QED) is 0.442.